The highest BCUT2D eigenvalue weighted by Gasteiger charge is 2.51. The topological polar surface area (TPSA) is 18.5 Å². The van der Waals surface area contributed by atoms with Crippen LogP contribution >= 0.6 is 0 Å². The van der Waals surface area contributed by atoms with Crippen LogP contribution in [0, 0.1) is 5.92 Å². The Balaban J connectivity index is 1.59. The highest BCUT2D eigenvalue weighted by atomic mass is 28.4. The molecule has 6 heteroatoms. The van der Waals surface area contributed by atoms with Crippen LogP contribution in [0.4, 0.5) is 13.2 Å². The molecule has 0 spiro atoms. The molecule has 1 fully saturated rings. The van der Waals surface area contributed by atoms with Crippen LogP contribution in [0.15, 0.2) is 84.9 Å². The summed E-state index contributed by atoms with van der Waals surface area (Å²) in [6.07, 6.45) is -3.96. The summed E-state index contributed by atoms with van der Waals surface area (Å²) in [5.74, 6) is 0.223. The van der Waals surface area contributed by atoms with Gasteiger partial charge >= 0.3 is 6.18 Å². The van der Waals surface area contributed by atoms with E-state index in [-0.39, 0.29) is 23.2 Å². The summed E-state index contributed by atoms with van der Waals surface area (Å²) in [7, 11) is -2.68. The van der Waals surface area contributed by atoms with Crippen LogP contribution in [0.25, 0.3) is 0 Å². The van der Waals surface area contributed by atoms with Crippen LogP contribution in [0.3, 0.4) is 0 Å². The zero-order chi connectivity index (χ0) is 25.3. The lowest BCUT2D eigenvalue weighted by Gasteiger charge is -2.43. The Labute approximate surface area is 207 Å². The second kappa shape index (κ2) is 9.92. The quantitative estimate of drug-likeness (QED) is 0.350. The monoisotopic (exact) mass is 498 g/mol. The first-order valence-electron chi connectivity index (χ1n) is 12.1. The maximum atomic E-state index is 13.0. The summed E-state index contributed by atoms with van der Waals surface area (Å²) in [6.45, 7) is 9.28. The van der Waals surface area contributed by atoms with E-state index >= 15 is 0 Å². The molecule has 4 rings (SSSR count). The first-order valence-corrected chi connectivity index (χ1v) is 14.0. The average Bonchev–Trinajstić information content (AvgIpc) is 3.20. The molecular weight excluding hydrogens is 465 g/mol. The van der Waals surface area contributed by atoms with Crippen LogP contribution in [0.2, 0.25) is 5.04 Å². The van der Waals surface area contributed by atoms with E-state index in [4.69, 9.17) is 9.16 Å². The molecule has 0 saturated carbocycles. The highest BCUT2D eigenvalue weighted by molar-refractivity contribution is 6.99. The molecule has 1 saturated heterocycles. The summed E-state index contributed by atoms with van der Waals surface area (Å²) in [5, 5.41) is 2.29. The molecule has 0 amide bonds. The maximum absolute atomic E-state index is 13.0. The van der Waals surface area contributed by atoms with E-state index < -0.39 is 20.1 Å². The second-order valence-electron chi connectivity index (χ2n) is 10.5. The van der Waals surface area contributed by atoms with Gasteiger partial charge < -0.3 is 9.16 Å². The first kappa shape index (κ1) is 25.7. The third kappa shape index (κ3) is 5.25. The summed E-state index contributed by atoms with van der Waals surface area (Å²) >= 11 is 0. The van der Waals surface area contributed by atoms with Gasteiger partial charge in [-0.05, 0) is 45.4 Å². The summed E-state index contributed by atoms with van der Waals surface area (Å²) in [6, 6.07) is 26.3. The van der Waals surface area contributed by atoms with Crippen molar-refractivity contribution in [3.63, 3.8) is 0 Å². The molecule has 0 N–H and O–H groups in total. The third-order valence-electron chi connectivity index (χ3n) is 7.05. The number of alkyl halides is 3. The molecule has 0 aliphatic carbocycles. The molecule has 3 unspecified atom stereocenters. The number of hydrogen-bond donors (Lipinski definition) is 0. The molecule has 0 bridgehead atoms. The predicted molar refractivity (Wildman–Crippen MR) is 136 cm³/mol. The molecule has 2 nitrogen and oxygen atoms in total. The Hall–Kier alpha value is -2.41. The van der Waals surface area contributed by atoms with Crippen molar-refractivity contribution in [1.29, 1.82) is 0 Å². The van der Waals surface area contributed by atoms with Gasteiger partial charge in [0.15, 0.2) is 0 Å². The Morgan fingerprint density at radius 3 is 1.80 bits per heavy atom. The third-order valence-corrected chi connectivity index (χ3v) is 12.1. The van der Waals surface area contributed by atoms with E-state index in [1.54, 1.807) is 0 Å². The average molecular weight is 499 g/mol. The van der Waals surface area contributed by atoms with Crippen molar-refractivity contribution in [2.75, 3.05) is 6.61 Å². The number of ether oxygens (including phenoxy) is 1. The van der Waals surface area contributed by atoms with Crippen molar-refractivity contribution >= 4 is 18.7 Å². The molecule has 0 aromatic heterocycles. The van der Waals surface area contributed by atoms with Crippen LogP contribution < -0.4 is 10.4 Å². The van der Waals surface area contributed by atoms with Crippen molar-refractivity contribution in [2.45, 2.75) is 57.5 Å². The second-order valence-corrected chi connectivity index (χ2v) is 14.8. The minimum Gasteiger partial charge on any atom is -0.405 e. The SMILES string of the molecule is CC1CC(c2ccc(C(F)(F)F)cc2)OC1CO[Si](c1ccccc1)(c1ccccc1)C(C)(C)C. The van der Waals surface area contributed by atoms with Crippen molar-refractivity contribution in [1.82, 2.24) is 0 Å². The van der Waals surface area contributed by atoms with E-state index in [1.165, 1.54) is 22.5 Å². The minimum atomic E-state index is -4.34. The zero-order valence-electron chi connectivity index (χ0n) is 20.7. The molecule has 3 aromatic carbocycles. The minimum absolute atomic E-state index is 0.135. The first-order chi connectivity index (χ1) is 16.5. The fourth-order valence-electron chi connectivity index (χ4n) is 5.16. The largest absolute Gasteiger partial charge is 0.416 e. The molecule has 1 aliphatic heterocycles. The lowest BCUT2D eigenvalue weighted by atomic mass is 9.98. The molecular formula is C29H33F3O2Si. The number of benzene rings is 3. The molecule has 0 radical (unpaired) electrons. The van der Waals surface area contributed by atoms with Gasteiger partial charge in [0.2, 0.25) is 0 Å². The number of halogens is 3. The number of rotatable bonds is 6. The smallest absolute Gasteiger partial charge is 0.405 e. The van der Waals surface area contributed by atoms with Crippen LogP contribution in [0.5, 0.6) is 0 Å². The van der Waals surface area contributed by atoms with Gasteiger partial charge in [0, 0.05) is 0 Å². The van der Waals surface area contributed by atoms with Crippen molar-refractivity contribution in [3.05, 3.63) is 96.1 Å². The van der Waals surface area contributed by atoms with Gasteiger partial charge in [-0.1, -0.05) is 100 Å². The Morgan fingerprint density at radius 1 is 0.829 bits per heavy atom. The van der Waals surface area contributed by atoms with E-state index in [9.17, 15) is 13.2 Å². The van der Waals surface area contributed by atoms with E-state index in [1.807, 2.05) is 12.1 Å². The summed E-state index contributed by atoms with van der Waals surface area (Å²) < 4.78 is 52.3. The molecule has 35 heavy (non-hydrogen) atoms. The van der Waals surface area contributed by atoms with Crippen LogP contribution in [-0.4, -0.2) is 21.0 Å². The fourth-order valence-corrected chi connectivity index (χ4v) is 9.73. The van der Waals surface area contributed by atoms with E-state index in [0.29, 0.717) is 6.61 Å². The molecule has 186 valence electrons. The van der Waals surface area contributed by atoms with Crippen molar-refractivity contribution < 1.29 is 22.3 Å². The zero-order valence-corrected chi connectivity index (χ0v) is 21.7. The maximum Gasteiger partial charge on any atom is 0.416 e. The van der Waals surface area contributed by atoms with Gasteiger partial charge in [-0.3, -0.25) is 0 Å². The highest BCUT2D eigenvalue weighted by Crippen LogP contribution is 2.41. The summed E-state index contributed by atoms with van der Waals surface area (Å²) in [4.78, 5) is 0. The normalized spacial score (nSPS) is 21.3. The van der Waals surface area contributed by atoms with Crippen molar-refractivity contribution in [3.8, 4) is 0 Å². The lowest BCUT2D eigenvalue weighted by Crippen LogP contribution is -2.67. The molecule has 3 aromatic rings. The predicted octanol–water partition coefficient (Wildman–Crippen LogP) is 6.75. The Morgan fingerprint density at radius 2 is 1.34 bits per heavy atom. The molecule has 1 aliphatic rings. The molecule has 1 heterocycles. The van der Waals surface area contributed by atoms with Crippen LogP contribution in [-0.2, 0) is 15.3 Å². The summed E-state index contributed by atoms with van der Waals surface area (Å²) in [5.41, 5.74) is 0.136. The Kier molecular flexibility index (Phi) is 7.27. The van der Waals surface area contributed by atoms with Gasteiger partial charge in [-0.2, -0.15) is 13.2 Å². The van der Waals surface area contributed by atoms with Crippen LogP contribution in [0.1, 0.15) is 51.3 Å². The Bertz CT molecular complexity index is 1050. The lowest BCUT2D eigenvalue weighted by molar-refractivity contribution is -0.137. The number of hydrogen-bond acceptors (Lipinski definition) is 2. The van der Waals surface area contributed by atoms with E-state index in [2.05, 4.69) is 76.2 Å². The van der Waals surface area contributed by atoms with Crippen molar-refractivity contribution in [2.24, 2.45) is 5.92 Å². The van der Waals surface area contributed by atoms with Gasteiger partial charge in [-0.15, -0.1) is 0 Å². The van der Waals surface area contributed by atoms with Gasteiger partial charge in [-0.25, -0.2) is 0 Å². The molecule has 3 atom stereocenters. The van der Waals surface area contributed by atoms with Gasteiger partial charge in [0.05, 0.1) is 24.4 Å². The standard InChI is InChI=1S/C29H33F3O2Si/c1-21-19-26(22-15-17-23(18-16-22)29(30,31)32)34-27(21)20-33-35(28(2,3)4,24-11-7-5-8-12-24)25-13-9-6-10-14-25/h5-18,21,26-27H,19-20H2,1-4H3. The van der Waals surface area contributed by atoms with Gasteiger partial charge in [0.1, 0.15) is 0 Å². The fraction of sp³-hybridized carbons (Fsp3) is 0.379. The van der Waals surface area contributed by atoms with E-state index in [0.717, 1.165) is 24.1 Å². The van der Waals surface area contributed by atoms with Gasteiger partial charge in [0.25, 0.3) is 8.32 Å².